The van der Waals surface area contributed by atoms with Crippen LogP contribution in [0.5, 0.6) is 5.75 Å². The number of rotatable bonds is 8. The molecule has 37 heavy (non-hydrogen) atoms. The molecule has 3 aromatic rings. The third-order valence-electron chi connectivity index (χ3n) is 7.48. The molecule has 0 aromatic heterocycles. The summed E-state index contributed by atoms with van der Waals surface area (Å²) in [6.07, 6.45) is 0. The number of carbonyl (C=O) groups is 1. The Labute approximate surface area is 220 Å². The molecular formula is C31H38FN3O2. The third-order valence-corrected chi connectivity index (χ3v) is 7.48. The summed E-state index contributed by atoms with van der Waals surface area (Å²) in [6, 6.07) is 22.6. The predicted molar refractivity (Wildman–Crippen MR) is 146 cm³/mol. The molecule has 1 fully saturated rings. The van der Waals surface area contributed by atoms with Crippen molar-refractivity contribution in [2.45, 2.75) is 52.4 Å². The van der Waals surface area contributed by atoms with Crippen LogP contribution in [0.3, 0.4) is 0 Å². The number of phenolic OH excluding ortho intramolecular Hbond substituents is 1. The van der Waals surface area contributed by atoms with Crippen LogP contribution in [0.15, 0.2) is 72.8 Å². The molecule has 5 nitrogen and oxygen atoms in total. The molecule has 1 aliphatic heterocycles. The Kier molecular flexibility index (Phi) is 8.62. The smallest absolute Gasteiger partial charge is 0.253 e. The van der Waals surface area contributed by atoms with Crippen LogP contribution in [0.1, 0.15) is 60.8 Å². The van der Waals surface area contributed by atoms with Crippen LogP contribution in [0, 0.1) is 5.82 Å². The van der Waals surface area contributed by atoms with E-state index in [1.54, 1.807) is 18.2 Å². The standard InChI is InChI=1S/C31H38FN3O2/c1-5-33(6-2)31(37)26-15-13-25(14-16-26)30(27-10-8-12-29(36)18-27)35-20-22(3)34(19-23(35)4)21-24-9-7-11-28(32)17-24/h7-18,22-23,30,36H,5-6,19-21H2,1-4H3/t22-,23+,30?/m1/s1. The first kappa shape index (κ1) is 26.8. The maximum Gasteiger partial charge on any atom is 0.253 e. The lowest BCUT2D eigenvalue weighted by Crippen LogP contribution is -2.56. The lowest BCUT2D eigenvalue weighted by molar-refractivity contribution is 0.0194. The minimum absolute atomic E-state index is 0.0402. The van der Waals surface area contributed by atoms with Crippen molar-refractivity contribution in [3.63, 3.8) is 0 Å². The van der Waals surface area contributed by atoms with Crippen LogP contribution < -0.4 is 0 Å². The van der Waals surface area contributed by atoms with E-state index in [0.717, 1.165) is 29.8 Å². The number of nitrogens with zero attached hydrogens (tertiary/aromatic N) is 3. The number of piperazine rings is 1. The zero-order valence-corrected chi connectivity index (χ0v) is 22.3. The van der Waals surface area contributed by atoms with Crippen LogP contribution in [-0.2, 0) is 6.54 Å². The first-order valence-electron chi connectivity index (χ1n) is 13.2. The molecule has 0 radical (unpaired) electrons. The molecule has 196 valence electrons. The van der Waals surface area contributed by atoms with Crippen molar-refractivity contribution in [2.75, 3.05) is 26.2 Å². The fourth-order valence-corrected chi connectivity index (χ4v) is 5.45. The number of benzene rings is 3. The zero-order chi connectivity index (χ0) is 26.5. The second-order valence-electron chi connectivity index (χ2n) is 10.1. The van der Waals surface area contributed by atoms with Gasteiger partial charge in [0, 0.05) is 50.4 Å². The van der Waals surface area contributed by atoms with Gasteiger partial charge >= 0.3 is 0 Å². The Bertz CT molecular complexity index is 1200. The van der Waals surface area contributed by atoms with E-state index in [2.05, 4.69) is 29.7 Å². The quantitative estimate of drug-likeness (QED) is 0.429. The van der Waals surface area contributed by atoms with Gasteiger partial charge in [0.25, 0.3) is 5.91 Å². The highest BCUT2D eigenvalue weighted by atomic mass is 19.1. The number of hydrogen-bond acceptors (Lipinski definition) is 4. The van der Waals surface area contributed by atoms with Crippen molar-refractivity contribution in [3.8, 4) is 5.75 Å². The number of halogens is 1. The number of hydrogen-bond donors (Lipinski definition) is 1. The van der Waals surface area contributed by atoms with Gasteiger partial charge in [0.15, 0.2) is 0 Å². The van der Waals surface area contributed by atoms with E-state index in [1.807, 2.05) is 61.2 Å². The van der Waals surface area contributed by atoms with Gasteiger partial charge in [-0.3, -0.25) is 14.6 Å². The Morgan fingerprint density at radius 1 is 0.946 bits per heavy atom. The average molecular weight is 504 g/mol. The first-order valence-corrected chi connectivity index (χ1v) is 13.2. The summed E-state index contributed by atoms with van der Waals surface area (Å²) < 4.78 is 13.8. The van der Waals surface area contributed by atoms with Gasteiger partial charge < -0.3 is 10.0 Å². The number of phenols is 1. The fraction of sp³-hybridized carbons (Fsp3) is 0.387. The van der Waals surface area contributed by atoms with E-state index in [0.29, 0.717) is 25.2 Å². The molecule has 1 N–H and O–H groups in total. The van der Waals surface area contributed by atoms with Crippen molar-refractivity contribution >= 4 is 5.91 Å². The van der Waals surface area contributed by atoms with Gasteiger partial charge in [-0.1, -0.05) is 36.4 Å². The molecule has 4 rings (SSSR count). The van der Waals surface area contributed by atoms with Crippen LogP contribution in [-0.4, -0.2) is 64.0 Å². The van der Waals surface area contributed by atoms with Crippen molar-refractivity contribution in [3.05, 3.63) is 101 Å². The monoisotopic (exact) mass is 503 g/mol. The molecule has 1 amide bonds. The van der Waals surface area contributed by atoms with Crippen molar-refractivity contribution in [1.29, 1.82) is 0 Å². The van der Waals surface area contributed by atoms with E-state index < -0.39 is 0 Å². The topological polar surface area (TPSA) is 47.0 Å². The second-order valence-corrected chi connectivity index (χ2v) is 10.1. The normalized spacial score (nSPS) is 19.5. The Morgan fingerprint density at radius 3 is 2.30 bits per heavy atom. The molecular weight excluding hydrogens is 465 g/mol. The molecule has 1 aliphatic rings. The zero-order valence-electron chi connectivity index (χ0n) is 22.3. The van der Waals surface area contributed by atoms with Crippen molar-refractivity contribution < 1.29 is 14.3 Å². The van der Waals surface area contributed by atoms with E-state index in [4.69, 9.17) is 0 Å². The van der Waals surface area contributed by atoms with Crippen molar-refractivity contribution in [2.24, 2.45) is 0 Å². The molecule has 6 heteroatoms. The highest BCUT2D eigenvalue weighted by molar-refractivity contribution is 5.94. The summed E-state index contributed by atoms with van der Waals surface area (Å²) in [5.74, 6) is 0.0726. The minimum atomic E-state index is -0.205. The Balaban J connectivity index is 1.61. The summed E-state index contributed by atoms with van der Waals surface area (Å²) in [5.41, 5.74) is 3.76. The largest absolute Gasteiger partial charge is 0.508 e. The van der Waals surface area contributed by atoms with Crippen LogP contribution in [0.4, 0.5) is 4.39 Å². The highest BCUT2D eigenvalue weighted by Gasteiger charge is 2.35. The Morgan fingerprint density at radius 2 is 1.65 bits per heavy atom. The van der Waals surface area contributed by atoms with E-state index in [9.17, 15) is 14.3 Å². The van der Waals surface area contributed by atoms with Gasteiger partial charge in [-0.05, 0) is 80.8 Å². The summed E-state index contributed by atoms with van der Waals surface area (Å²) in [7, 11) is 0. The van der Waals surface area contributed by atoms with E-state index >= 15 is 0 Å². The summed E-state index contributed by atoms with van der Waals surface area (Å²) in [6.45, 7) is 12.1. The summed E-state index contributed by atoms with van der Waals surface area (Å²) >= 11 is 0. The van der Waals surface area contributed by atoms with Gasteiger partial charge in [-0.25, -0.2) is 4.39 Å². The van der Waals surface area contributed by atoms with E-state index in [1.165, 1.54) is 6.07 Å². The highest BCUT2D eigenvalue weighted by Crippen LogP contribution is 2.35. The van der Waals surface area contributed by atoms with Crippen LogP contribution in [0.25, 0.3) is 0 Å². The van der Waals surface area contributed by atoms with Gasteiger partial charge in [0.05, 0.1) is 6.04 Å². The average Bonchev–Trinajstić information content (AvgIpc) is 2.88. The van der Waals surface area contributed by atoms with Crippen LogP contribution >= 0.6 is 0 Å². The summed E-state index contributed by atoms with van der Waals surface area (Å²) in [5, 5.41) is 10.3. The molecule has 0 bridgehead atoms. The van der Waals surface area contributed by atoms with Gasteiger partial charge in [-0.15, -0.1) is 0 Å². The van der Waals surface area contributed by atoms with Crippen molar-refractivity contribution in [1.82, 2.24) is 14.7 Å². The maximum atomic E-state index is 13.8. The van der Waals surface area contributed by atoms with Gasteiger partial charge in [-0.2, -0.15) is 0 Å². The molecule has 3 aromatic carbocycles. The predicted octanol–water partition coefficient (Wildman–Crippen LogP) is 5.70. The van der Waals surface area contributed by atoms with Gasteiger partial charge in [0.2, 0.25) is 0 Å². The Hall–Kier alpha value is -3.22. The lowest BCUT2D eigenvalue weighted by Gasteiger charge is -2.47. The lowest BCUT2D eigenvalue weighted by atomic mass is 9.92. The molecule has 3 atom stereocenters. The molecule has 1 saturated heterocycles. The molecule has 0 aliphatic carbocycles. The third kappa shape index (κ3) is 6.20. The van der Waals surface area contributed by atoms with E-state index in [-0.39, 0.29) is 35.6 Å². The number of aromatic hydroxyl groups is 1. The number of carbonyl (C=O) groups excluding carboxylic acids is 1. The first-order chi connectivity index (χ1) is 17.8. The molecule has 1 heterocycles. The molecule has 0 saturated carbocycles. The SMILES string of the molecule is CCN(CC)C(=O)c1ccc(C(c2cccc(O)c2)N2C[C@@H](C)N(Cc3cccc(F)c3)C[C@@H]2C)cc1. The molecule has 1 unspecified atom stereocenters. The maximum absolute atomic E-state index is 13.8. The van der Waals surface area contributed by atoms with Crippen LogP contribution in [0.2, 0.25) is 0 Å². The second kappa shape index (κ2) is 11.9. The number of amides is 1. The minimum Gasteiger partial charge on any atom is -0.508 e. The fourth-order valence-electron chi connectivity index (χ4n) is 5.45. The van der Waals surface area contributed by atoms with Gasteiger partial charge in [0.1, 0.15) is 11.6 Å². The summed E-state index contributed by atoms with van der Waals surface area (Å²) in [4.78, 5) is 19.6. The molecule has 0 spiro atoms.